The zero-order chi connectivity index (χ0) is 14.7. The van der Waals surface area contributed by atoms with Crippen LogP contribution in [0.25, 0.3) is 0 Å². The Bertz CT molecular complexity index is 245. The Morgan fingerprint density at radius 2 is 1.21 bits per heavy atom. The van der Waals surface area contributed by atoms with Crippen LogP contribution in [0.3, 0.4) is 0 Å². The molecule has 0 saturated heterocycles. The van der Waals surface area contributed by atoms with Gasteiger partial charge in [-0.15, -0.1) is 0 Å². The Labute approximate surface area is 131 Å². The van der Waals surface area contributed by atoms with Gasteiger partial charge >= 0.3 is 11.9 Å². The molecule has 19 heavy (non-hydrogen) atoms. The van der Waals surface area contributed by atoms with Crippen LogP contribution in [0.15, 0.2) is 0 Å². The first-order valence-electron chi connectivity index (χ1n) is 6.46. The zero-order valence-corrected chi connectivity index (χ0v) is 14.7. The van der Waals surface area contributed by atoms with Crippen LogP contribution in [0.1, 0.15) is 46.0 Å². The second-order valence-corrected chi connectivity index (χ2v) is 5.70. The van der Waals surface area contributed by atoms with Gasteiger partial charge in [0.25, 0.3) is 0 Å². The lowest BCUT2D eigenvalue weighted by Crippen LogP contribution is -2.18. The molecule has 0 bridgehead atoms. The molecule has 0 aliphatic carbocycles. The van der Waals surface area contributed by atoms with E-state index < -0.39 is 0 Å². The number of halogens is 2. The Kier molecular flexibility index (Phi) is 11.6. The van der Waals surface area contributed by atoms with Crippen LogP contribution in [0.4, 0.5) is 0 Å². The summed E-state index contributed by atoms with van der Waals surface area (Å²) in [4.78, 5) is 21.7. The van der Waals surface area contributed by atoms with Gasteiger partial charge in [-0.1, -0.05) is 38.3 Å². The van der Waals surface area contributed by atoms with Crippen LogP contribution in [-0.2, 0) is 19.1 Å². The molecule has 0 unspecified atom stereocenters. The van der Waals surface area contributed by atoms with Gasteiger partial charge in [0, 0.05) is 24.5 Å². The van der Waals surface area contributed by atoms with E-state index in [1.807, 2.05) is 0 Å². The second-order valence-electron chi connectivity index (χ2n) is 4.41. The van der Waals surface area contributed by atoms with Gasteiger partial charge < -0.3 is 9.47 Å². The molecular formula is C13H22Br2O4. The standard InChI is InChI=1S/C13H22Br2O4/c1-10(16)18-12(8-14)6-4-3-5-7-13(9-15)19-11(2)17/h12-13H,3-9H2,1-2H3/t12-,13-/m1/s1. The molecule has 0 aliphatic rings. The highest BCUT2D eigenvalue weighted by Crippen LogP contribution is 2.14. The molecule has 0 spiro atoms. The predicted octanol–water partition coefficient (Wildman–Crippen LogP) is 3.59. The average molecular weight is 402 g/mol. The minimum atomic E-state index is -0.237. The summed E-state index contributed by atoms with van der Waals surface area (Å²) in [6.45, 7) is 2.85. The molecule has 0 heterocycles. The number of carbonyl (C=O) groups excluding carboxylic acids is 2. The Morgan fingerprint density at radius 1 is 0.842 bits per heavy atom. The van der Waals surface area contributed by atoms with Gasteiger partial charge in [-0.25, -0.2) is 0 Å². The molecule has 0 radical (unpaired) electrons. The Morgan fingerprint density at radius 3 is 1.47 bits per heavy atom. The number of rotatable bonds is 10. The fourth-order valence-electron chi connectivity index (χ4n) is 1.73. The van der Waals surface area contributed by atoms with E-state index in [-0.39, 0.29) is 24.1 Å². The molecule has 0 amide bonds. The highest BCUT2D eigenvalue weighted by molar-refractivity contribution is 9.09. The lowest BCUT2D eigenvalue weighted by atomic mass is 10.1. The van der Waals surface area contributed by atoms with E-state index in [1.54, 1.807) is 0 Å². The quantitative estimate of drug-likeness (QED) is 0.319. The molecule has 2 atom stereocenters. The molecule has 0 fully saturated rings. The Hall–Kier alpha value is -0.100. The monoisotopic (exact) mass is 400 g/mol. The summed E-state index contributed by atoms with van der Waals surface area (Å²) in [7, 11) is 0. The van der Waals surface area contributed by atoms with Crippen molar-refractivity contribution in [1.82, 2.24) is 0 Å². The van der Waals surface area contributed by atoms with Gasteiger partial charge in [-0.05, 0) is 25.7 Å². The summed E-state index contributed by atoms with van der Waals surface area (Å²) in [5.41, 5.74) is 0. The van der Waals surface area contributed by atoms with Crippen LogP contribution < -0.4 is 0 Å². The largest absolute Gasteiger partial charge is 0.462 e. The van der Waals surface area contributed by atoms with Gasteiger partial charge in [-0.2, -0.15) is 0 Å². The highest BCUT2D eigenvalue weighted by atomic mass is 79.9. The van der Waals surface area contributed by atoms with E-state index in [0.29, 0.717) is 10.7 Å². The Balaban J connectivity index is 3.67. The number of hydrogen-bond acceptors (Lipinski definition) is 4. The SMILES string of the molecule is CC(=O)O[C@@H](CBr)CCCCC[C@H](CBr)OC(C)=O. The molecule has 0 aliphatic heterocycles. The molecule has 0 aromatic rings. The number of hydrogen-bond donors (Lipinski definition) is 0. The van der Waals surface area contributed by atoms with E-state index in [1.165, 1.54) is 13.8 Å². The van der Waals surface area contributed by atoms with E-state index in [9.17, 15) is 9.59 Å². The molecule has 4 nitrogen and oxygen atoms in total. The zero-order valence-electron chi connectivity index (χ0n) is 11.5. The van der Waals surface area contributed by atoms with Gasteiger partial charge in [0.15, 0.2) is 0 Å². The van der Waals surface area contributed by atoms with Crippen molar-refractivity contribution in [2.75, 3.05) is 10.7 Å². The predicted molar refractivity (Wildman–Crippen MR) is 81.8 cm³/mol. The van der Waals surface area contributed by atoms with E-state index >= 15 is 0 Å². The van der Waals surface area contributed by atoms with Crippen LogP contribution in [-0.4, -0.2) is 34.8 Å². The summed E-state index contributed by atoms with van der Waals surface area (Å²) in [5.74, 6) is -0.475. The maximum absolute atomic E-state index is 10.8. The third kappa shape index (κ3) is 11.4. The molecule has 0 aromatic heterocycles. The maximum Gasteiger partial charge on any atom is 0.302 e. The number of ether oxygens (including phenoxy) is 2. The summed E-state index contributed by atoms with van der Waals surface area (Å²) < 4.78 is 10.3. The van der Waals surface area contributed by atoms with Crippen molar-refractivity contribution in [2.45, 2.75) is 58.2 Å². The third-order valence-electron chi connectivity index (χ3n) is 2.56. The van der Waals surface area contributed by atoms with E-state index in [0.717, 1.165) is 32.1 Å². The molecule has 6 heteroatoms. The van der Waals surface area contributed by atoms with Crippen molar-refractivity contribution in [1.29, 1.82) is 0 Å². The first kappa shape index (κ1) is 18.9. The second kappa shape index (κ2) is 11.7. The minimum Gasteiger partial charge on any atom is -0.462 e. The van der Waals surface area contributed by atoms with Gasteiger partial charge in [-0.3, -0.25) is 9.59 Å². The molecule has 0 rings (SSSR count). The molecular weight excluding hydrogens is 380 g/mol. The lowest BCUT2D eigenvalue weighted by molar-refractivity contribution is -0.146. The normalized spacial score (nSPS) is 13.7. The lowest BCUT2D eigenvalue weighted by Gasteiger charge is -2.15. The summed E-state index contributed by atoms with van der Waals surface area (Å²) in [6, 6.07) is 0. The minimum absolute atomic E-state index is 0.0436. The van der Waals surface area contributed by atoms with Gasteiger partial charge in [0.2, 0.25) is 0 Å². The number of alkyl halides is 2. The van der Waals surface area contributed by atoms with Crippen molar-refractivity contribution < 1.29 is 19.1 Å². The average Bonchev–Trinajstić information content (AvgIpc) is 2.34. The number of esters is 2. The van der Waals surface area contributed by atoms with Crippen molar-refractivity contribution in [2.24, 2.45) is 0 Å². The third-order valence-corrected chi connectivity index (χ3v) is 4.01. The molecule has 112 valence electrons. The van der Waals surface area contributed by atoms with Crippen molar-refractivity contribution in [3.63, 3.8) is 0 Å². The first-order chi connectivity index (χ1) is 8.99. The molecule has 0 aromatic carbocycles. The van der Waals surface area contributed by atoms with Crippen molar-refractivity contribution in [3.8, 4) is 0 Å². The van der Waals surface area contributed by atoms with E-state index in [2.05, 4.69) is 31.9 Å². The summed E-state index contributed by atoms with van der Waals surface area (Å²) in [5, 5.41) is 1.34. The number of unbranched alkanes of at least 4 members (excludes halogenated alkanes) is 2. The summed E-state index contributed by atoms with van der Waals surface area (Å²) >= 11 is 6.67. The van der Waals surface area contributed by atoms with Crippen LogP contribution >= 0.6 is 31.9 Å². The van der Waals surface area contributed by atoms with E-state index in [4.69, 9.17) is 9.47 Å². The van der Waals surface area contributed by atoms with Crippen LogP contribution in [0.2, 0.25) is 0 Å². The van der Waals surface area contributed by atoms with Gasteiger partial charge in [0.1, 0.15) is 12.2 Å². The van der Waals surface area contributed by atoms with Crippen LogP contribution in [0.5, 0.6) is 0 Å². The van der Waals surface area contributed by atoms with Crippen molar-refractivity contribution in [3.05, 3.63) is 0 Å². The molecule has 0 N–H and O–H groups in total. The first-order valence-corrected chi connectivity index (χ1v) is 8.70. The topological polar surface area (TPSA) is 52.6 Å². The van der Waals surface area contributed by atoms with Crippen molar-refractivity contribution >= 4 is 43.8 Å². The number of carbonyl (C=O) groups is 2. The molecule has 0 saturated carbocycles. The maximum atomic E-state index is 10.8. The van der Waals surface area contributed by atoms with Crippen LogP contribution in [0, 0.1) is 0 Å². The fraction of sp³-hybridized carbons (Fsp3) is 0.846. The van der Waals surface area contributed by atoms with Gasteiger partial charge in [0.05, 0.1) is 0 Å². The fourth-order valence-corrected chi connectivity index (χ4v) is 2.64. The summed E-state index contributed by atoms with van der Waals surface area (Å²) in [6.07, 6.45) is 4.66. The highest BCUT2D eigenvalue weighted by Gasteiger charge is 2.12. The smallest absolute Gasteiger partial charge is 0.302 e.